The smallest absolute Gasteiger partial charge is 0.244 e. The first-order valence-electron chi connectivity index (χ1n) is 10.0. The second kappa shape index (κ2) is 8.81. The average Bonchev–Trinajstić information content (AvgIpc) is 3.25. The van der Waals surface area contributed by atoms with E-state index in [1.807, 2.05) is 0 Å². The Balaban J connectivity index is 1.91. The van der Waals surface area contributed by atoms with E-state index in [1.165, 1.54) is 0 Å². The molecule has 164 valence electrons. The number of hydrogen-bond acceptors (Lipinski definition) is 7. The van der Waals surface area contributed by atoms with Crippen molar-refractivity contribution >= 4 is 23.5 Å². The van der Waals surface area contributed by atoms with Crippen LogP contribution in [0.25, 0.3) is 0 Å². The number of anilines is 3. The molecule has 0 fully saturated rings. The second-order valence-corrected chi connectivity index (χ2v) is 7.39. The van der Waals surface area contributed by atoms with E-state index in [4.69, 9.17) is 11.0 Å². The van der Waals surface area contributed by atoms with Gasteiger partial charge in [0.05, 0.1) is 29.8 Å². The number of amides is 1. The lowest BCUT2D eigenvalue weighted by Gasteiger charge is -2.34. The van der Waals surface area contributed by atoms with Gasteiger partial charge in [0.25, 0.3) is 0 Å². The second-order valence-electron chi connectivity index (χ2n) is 7.39. The molecule has 1 atom stereocenters. The molecule has 33 heavy (non-hydrogen) atoms. The SMILES string of the molecule is CC1=C(C#N)[C@@H](c2ccc(C#N)cc2)n2nc(NCC(N)=O)nc2N1c1cccc(CF)c1. The Bertz CT molecular complexity index is 1330. The number of aromatic nitrogens is 3. The molecule has 0 aliphatic carbocycles. The molecule has 3 N–H and O–H groups in total. The Morgan fingerprint density at radius 3 is 2.61 bits per heavy atom. The first-order valence-corrected chi connectivity index (χ1v) is 10.0. The van der Waals surface area contributed by atoms with Crippen LogP contribution in [0.5, 0.6) is 0 Å². The van der Waals surface area contributed by atoms with Gasteiger partial charge in [-0.1, -0.05) is 24.3 Å². The first kappa shape index (κ1) is 21.5. The number of carbonyl (C=O) groups excluding carboxylic acids is 1. The van der Waals surface area contributed by atoms with E-state index in [9.17, 15) is 14.4 Å². The molecule has 3 aromatic rings. The Morgan fingerprint density at radius 2 is 1.97 bits per heavy atom. The van der Waals surface area contributed by atoms with E-state index in [-0.39, 0.29) is 12.5 Å². The monoisotopic (exact) mass is 442 g/mol. The third kappa shape index (κ3) is 3.98. The number of halogens is 1. The minimum atomic E-state index is -0.637. The highest BCUT2D eigenvalue weighted by molar-refractivity contribution is 5.78. The van der Waals surface area contributed by atoms with Crippen molar-refractivity contribution in [2.45, 2.75) is 19.6 Å². The summed E-state index contributed by atoms with van der Waals surface area (Å²) in [5, 5.41) is 26.5. The van der Waals surface area contributed by atoms with Crippen molar-refractivity contribution in [2.75, 3.05) is 16.8 Å². The normalized spacial score (nSPS) is 14.9. The first-order chi connectivity index (χ1) is 16.0. The number of allylic oxidation sites excluding steroid dienone is 2. The fraction of sp³-hybridized carbons (Fsp3) is 0.174. The lowest BCUT2D eigenvalue weighted by atomic mass is 9.95. The number of benzene rings is 2. The van der Waals surface area contributed by atoms with Crippen molar-refractivity contribution in [3.05, 3.63) is 76.5 Å². The van der Waals surface area contributed by atoms with Gasteiger partial charge in [-0.25, -0.2) is 9.07 Å². The Labute approximate surface area is 189 Å². The summed E-state index contributed by atoms with van der Waals surface area (Å²) in [5.41, 5.74) is 8.56. The van der Waals surface area contributed by atoms with Crippen molar-refractivity contribution in [3.8, 4) is 12.1 Å². The van der Waals surface area contributed by atoms with Gasteiger partial charge < -0.3 is 11.1 Å². The van der Waals surface area contributed by atoms with Crippen molar-refractivity contribution in [1.29, 1.82) is 10.5 Å². The highest BCUT2D eigenvalue weighted by atomic mass is 19.1. The van der Waals surface area contributed by atoms with E-state index < -0.39 is 18.6 Å². The Kier molecular flexibility index (Phi) is 5.75. The van der Waals surface area contributed by atoms with Crippen molar-refractivity contribution < 1.29 is 9.18 Å². The van der Waals surface area contributed by atoms with E-state index in [2.05, 4.69) is 27.5 Å². The number of nitrogens with zero attached hydrogens (tertiary/aromatic N) is 6. The van der Waals surface area contributed by atoms with E-state index >= 15 is 0 Å². The predicted molar refractivity (Wildman–Crippen MR) is 119 cm³/mol. The fourth-order valence-corrected chi connectivity index (χ4v) is 3.75. The van der Waals surface area contributed by atoms with Crippen LogP contribution in [0.3, 0.4) is 0 Å². The maximum Gasteiger partial charge on any atom is 0.244 e. The summed E-state index contributed by atoms with van der Waals surface area (Å²) >= 11 is 0. The summed E-state index contributed by atoms with van der Waals surface area (Å²) in [4.78, 5) is 17.5. The number of nitrogens with two attached hydrogens (primary N) is 1. The number of carbonyl (C=O) groups is 1. The fourth-order valence-electron chi connectivity index (χ4n) is 3.75. The minimum Gasteiger partial charge on any atom is -0.368 e. The summed E-state index contributed by atoms with van der Waals surface area (Å²) in [6.45, 7) is 0.980. The summed E-state index contributed by atoms with van der Waals surface area (Å²) in [6.07, 6.45) is 0. The molecule has 1 aliphatic heterocycles. The third-order valence-corrected chi connectivity index (χ3v) is 5.28. The average molecular weight is 442 g/mol. The van der Waals surface area contributed by atoms with Crippen molar-refractivity contribution in [2.24, 2.45) is 5.73 Å². The molecule has 0 spiro atoms. The Hall–Kier alpha value is -4.70. The number of alkyl halides is 1. The quantitative estimate of drug-likeness (QED) is 0.598. The summed E-state index contributed by atoms with van der Waals surface area (Å²) in [7, 11) is 0. The van der Waals surface area contributed by atoms with Gasteiger partial charge >= 0.3 is 0 Å². The van der Waals surface area contributed by atoms with Gasteiger partial charge in [-0.05, 0) is 42.3 Å². The molecule has 9 nitrogen and oxygen atoms in total. The third-order valence-electron chi connectivity index (χ3n) is 5.28. The predicted octanol–water partition coefficient (Wildman–Crippen LogP) is 3.06. The van der Waals surface area contributed by atoms with Crippen molar-refractivity contribution in [1.82, 2.24) is 14.8 Å². The highest BCUT2D eigenvalue weighted by Gasteiger charge is 2.36. The lowest BCUT2D eigenvalue weighted by Crippen LogP contribution is -2.30. The van der Waals surface area contributed by atoms with Crippen LogP contribution in [-0.2, 0) is 11.5 Å². The molecule has 10 heteroatoms. The van der Waals surface area contributed by atoms with E-state index in [0.717, 1.165) is 5.56 Å². The van der Waals surface area contributed by atoms with Gasteiger partial charge in [0.2, 0.25) is 17.8 Å². The number of rotatable bonds is 6. The molecule has 0 unspecified atom stereocenters. The van der Waals surface area contributed by atoms with Crippen LogP contribution < -0.4 is 16.0 Å². The van der Waals surface area contributed by atoms with Gasteiger partial charge in [-0.2, -0.15) is 15.5 Å². The van der Waals surface area contributed by atoms with Gasteiger partial charge in [0, 0.05) is 11.4 Å². The van der Waals surface area contributed by atoms with Gasteiger partial charge in [-0.3, -0.25) is 9.69 Å². The number of hydrogen-bond donors (Lipinski definition) is 2. The summed E-state index contributed by atoms with van der Waals surface area (Å²) < 4.78 is 14.9. The molecule has 0 saturated heterocycles. The molecule has 2 heterocycles. The van der Waals surface area contributed by atoms with Crippen LogP contribution in [0.4, 0.5) is 22.0 Å². The maximum atomic E-state index is 13.3. The molecular weight excluding hydrogens is 423 g/mol. The largest absolute Gasteiger partial charge is 0.368 e. The van der Waals surface area contributed by atoms with Crippen LogP contribution in [0.2, 0.25) is 0 Å². The van der Waals surface area contributed by atoms with Crippen LogP contribution in [0.15, 0.2) is 59.8 Å². The van der Waals surface area contributed by atoms with Crippen LogP contribution in [-0.4, -0.2) is 27.2 Å². The Morgan fingerprint density at radius 1 is 1.21 bits per heavy atom. The summed E-state index contributed by atoms with van der Waals surface area (Å²) in [6, 6.07) is 17.4. The number of primary amides is 1. The molecular formula is C23H19FN8O. The van der Waals surface area contributed by atoms with Crippen LogP contribution in [0, 0.1) is 22.7 Å². The van der Waals surface area contributed by atoms with Crippen LogP contribution >= 0.6 is 0 Å². The molecule has 0 radical (unpaired) electrons. The topological polar surface area (TPSA) is 137 Å². The zero-order chi connectivity index (χ0) is 23.5. The number of fused-ring (bicyclic) bond motifs is 1. The van der Waals surface area contributed by atoms with Crippen LogP contribution in [0.1, 0.15) is 29.7 Å². The molecule has 1 aliphatic rings. The lowest BCUT2D eigenvalue weighted by molar-refractivity contribution is -0.116. The molecule has 1 amide bonds. The van der Waals surface area contributed by atoms with E-state index in [0.29, 0.717) is 34.0 Å². The maximum absolute atomic E-state index is 13.3. The number of nitrogens with one attached hydrogen (secondary N) is 1. The molecule has 1 aromatic heterocycles. The highest BCUT2D eigenvalue weighted by Crippen LogP contribution is 2.42. The van der Waals surface area contributed by atoms with Gasteiger partial charge in [-0.15, -0.1) is 5.10 Å². The molecule has 0 bridgehead atoms. The molecule has 4 rings (SSSR count). The van der Waals surface area contributed by atoms with Crippen molar-refractivity contribution in [3.63, 3.8) is 0 Å². The standard InChI is InChI=1S/C23H19FN8O/c1-14-19(12-26)21(17-7-5-15(11-25)6-8-17)32-23(29-22(30-32)28-13-20(27)33)31(14)18-4-2-3-16(9-18)10-24/h2-9,21H,10,13H2,1H3,(H2,27,33)(H,28,30)/t21-/m1/s1. The molecule has 2 aromatic carbocycles. The van der Waals surface area contributed by atoms with E-state index in [1.54, 1.807) is 65.0 Å². The zero-order valence-electron chi connectivity index (χ0n) is 17.7. The number of nitriles is 2. The summed E-state index contributed by atoms with van der Waals surface area (Å²) in [5.74, 6) is -0.0455. The van der Waals surface area contributed by atoms with Gasteiger partial charge in [0.1, 0.15) is 12.7 Å². The zero-order valence-corrected chi connectivity index (χ0v) is 17.7. The molecule has 0 saturated carbocycles. The van der Waals surface area contributed by atoms with Gasteiger partial charge in [0.15, 0.2) is 0 Å². The minimum absolute atomic E-state index is 0.154.